The van der Waals surface area contributed by atoms with Crippen LogP contribution < -0.4 is 10.2 Å². The Kier molecular flexibility index (Phi) is 3.91. The molecule has 1 aliphatic heterocycles. The van der Waals surface area contributed by atoms with E-state index in [1.165, 1.54) is 17.8 Å². The monoisotopic (exact) mass is 398 g/mol. The van der Waals surface area contributed by atoms with Crippen LogP contribution in [0.2, 0.25) is 0 Å². The van der Waals surface area contributed by atoms with Crippen molar-refractivity contribution in [2.75, 3.05) is 23.3 Å². The minimum absolute atomic E-state index is 0.124. The van der Waals surface area contributed by atoms with Gasteiger partial charge in [0, 0.05) is 25.7 Å². The molecule has 3 aromatic heterocycles. The molecule has 6 nitrogen and oxygen atoms in total. The van der Waals surface area contributed by atoms with Gasteiger partial charge in [-0.1, -0.05) is 18.3 Å². The molecular formula is C19H18N4O2S2. The largest absolute Gasteiger partial charge is 0.441 e. The van der Waals surface area contributed by atoms with Gasteiger partial charge >= 0.3 is 0 Å². The number of thiophene rings is 1. The van der Waals surface area contributed by atoms with E-state index in [4.69, 9.17) is 9.40 Å². The average Bonchev–Trinajstić information content (AvgIpc) is 3.35. The number of oxazole rings is 1. The van der Waals surface area contributed by atoms with Gasteiger partial charge in [-0.2, -0.15) is 0 Å². The number of anilines is 2. The summed E-state index contributed by atoms with van der Waals surface area (Å²) in [6.07, 6.45) is 1.22. The number of aryl methyl sites for hydroxylation is 1. The molecule has 0 bridgehead atoms. The highest BCUT2D eigenvalue weighted by atomic mass is 32.1. The van der Waals surface area contributed by atoms with Crippen molar-refractivity contribution in [3.8, 4) is 0 Å². The van der Waals surface area contributed by atoms with Crippen molar-refractivity contribution in [1.82, 2.24) is 9.97 Å². The Morgan fingerprint density at radius 3 is 2.96 bits per heavy atom. The fraction of sp³-hybridized carbons (Fsp3) is 0.316. The Balaban J connectivity index is 1.36. The van der Waals surface area contributed by atoms with E-state index < -0.39 is 0 Å². The summed E-state index contributed by atoms with van der Waals surface area (Å²) < 4.78 is 6.54. The maximum absolute atomic E-state index is 12.6. The second kappa shape index (κ2) is 6.31. The fourth-order valence-electron chi connectivity index (χ4n) is 3.39. The molecule has 138 valence electrons. The molecule has 1 aliphatic rings. The van der Waals surface area contributed by atoms with Gasteiger partial charge in [0.2, 0.25) is 0 Å². The van der Waals surface area contributed by atoms with Crippen molar-refractivity contribution in [2.45, 2.75) is 20.3 Å². The summed E-state index contributed by atoms with van der Waals surface area (Å²) in [5.41, 5.74) is 2.16. The zero-order valence-corrected chi connectivity index (χ0v) is 16.6. The predicted octanol–water partition coefficient (Wildman–Crippen LogP) is 4.91. The number of hydrogen-bond donors (Lipinski definition) is 1. The first-order chi connectivity index (χ1) is 13.0. The number of fused-ring (bicyclic) bond motifs is 2. The van der Waals surface area contributed by atoms with E-state index in [0.717, 1.165) is 44.8 Å². The van der Waals surface area contributed by atoms with Crippen LogP contribution in [0, 0.1) is 12.8 Å². The Labute approximate surface area is 163 Å². The van der Waals surface area contributed by atoms with Gasteiger partial charge in [-0.15, -0.1) is 11.3 Å². The van der Waals surface area contributed by atoms with Crippen LogP contribution in [-0.4, -0.2) is 29.0 Å². The third-order valence-corrected chi connectivity index (χ3v) is 6.97. The molecule has 0 saturated carbocycles. The van der Waals surface area contributed by atoms with Crippen molar-refractivity contribution in [3.63, 3.8) is 0 Å². The summed E-state index contributed by atoms with van der Waals surface area (Å²) in [5.74, 6) is 1.21. The first-order valence-corrected chi connectivity index (χ1v) is 10.5. The van der Waals surface area contributed by atoms with E-state index in [0.29, 0.717) is 16.5 Å². The van der Waals surface area contributed by atoms with E-state index in [1.54, 1.807) is 18.3 Å². The smallest absolute Gasteiger partial charge is 0.265 e. The molecule has 4 heterocycles. The van der Waals surface area contributed by atoms with Gasteiger partial charge in [0.1, 0.15) is 10.3 Å². The summed E-state index contributed by atoms with van der Waals surface area (Å²) in [7, 11) is 0. The normalized spacial score (nSPS) is 17.3. The molecular weight excluding hydrogens is 380 g/mol. The number of rotatable bonds is 3. The van der Waals surface area contributed by atoms with Gasteiger partial charge in [-0.05, 0) is 36.6 Å². The number of aromatic nitrogens is 2. The molecule has 1 unspecified atom stereocenters. The lowest BCUT2D eigenvalue weighted by atomic mass is 10.2. The van der Waals surface area contributed by atoms with Crippen LogP contribution in [0.25, 0.3) is 20.6 Å². The van der Waals surface area contributed by atoms with Gasteiger partial charge < -0.3 is 14.6 Å². The number of nitrogens with one attached hydrogen (secondary N) is 1. The molecule has 1 aromatic carbocycles. The Morgan fingerprint density at radius 2 is 2.19 bits per heavy atom. The highest BCUT2D eigenvalue weighted by molar-refractivity contribution is 7.29. The van der Waals surface area contributed by atoms with Crippen LogP contribution >= 0.6 is 22.7 Å². The Morgan fingerprint density at radius 1 is 1.30 bits per heavy atom. The number of carbonyl (C=O) groups excluding carboxylic acids is 1. The van der Waals surface area contributed by atoms with Gasteiger partial charge in [-0.25, -0.2) is 9.97 Å². The number of thiazole rings is 1. The topological polar surface area (TPSA) is 71.3 Å². The SMILES string of the molecule is Cc1nc2cc(NC(=O)c3cc4sc(N5CCC(C)C5)nc4s3)ccc2o1. The molecule has 0 spiro atoms. The van der Waals surface area contributed by atoms with E-state index in [9.17, 15) is 4.79 Å². The predicted molar refractivity (Wildman–Crippen MR) is 110 cm³/mol. The number of nitrogens with zero attached hydrogens (tertiary/aromatic N) is 3. The van der Waals surface area contributed by atoms with Crippen molar-refractivity contribution < 1.29 is 9.21 Å². The standard InChI is InChI=1S/C19H18N4O2S2/c1-10-5-6-23(9-10)19-22-18-16(27-19)8-15(26-18)17(24)21-12-3-4-14-13(7-12)20-11(2)25-14/h3-4,7-8,10H,5-6,9H2,1-2H3,(H,21,24). The molecule has 0 radical (unpaired) electrons. The number of amides is 1. The number of benzene rings is 1. The molecule has 1 amide bonds. The van der Waals surface area contributed by atoms with Crippen LogP contribution in [0.5, 0.6) is 0 Å². The third kappa shape index (κ3) is 3.08. The second-order valence-electron chi connectivity index (χ2n) is 6.99. The Hall–Kier alpha value is -2.45. The second-order valence-corrected chi connectivity index (χ2v) is 9.03. The van der Waals surface area contributed by atoms with E-state index >= 15 is 0 Å². The first kappa shape index (κ1) is 16.7. The number of hydrogen-bond acceptors (Lipinski definition) is 7. The minimum atomic E-state index is -0.124. The molecule has 1 N–H and O–H groups in total. The van der Waals surface area contributed by atoms with E-state index in [1.807, 2.05) is 24.3 Å². The maximum Gasteiger partial charge on any atom is 0.265 e. The zero-order chi connectivity index (χ0) is 18.5. The third-order valence-electron chi connectivity index (χ3n) is 4.75. The summed E-state index contributed by atoms with van der Waals surface area (Å²) in [5, 5.41) is 4.01. The first-order valence-electron chi connectivity index (χ1n) is 8.89. The van der Waals surface area contributed by atoms with Gasteiger partial charge in [0.05, 0.1) is 9.58 Å². The summed E-state index contributed by atoms with van der Waals surface area (Å²) in [6, 6.07) is 7.41. The van der Waals surface area contributed by atoms with Gasteiger partial charge in [0.15, 0.2) is 16.6 Å². The zero-order valence-electron chi connectivity index (χ0n) is 15.0. The molecule has 1 atom stereocenters. The summed E-state index contributed by atoms with van der Waals surface area (Å²) >= 11 is 3.11. The van der Waals surface area contributed by atoms with Crippen molar-refractivity contribution in [3.05, 3.63) is 35.0 Å². The van der Waals surface area contributed by atoms with Gasteiger partial charge in [0.25, 0.3) is 5.91 Å². The van der Waals surface area contributed by atoms with Gasteiger partial charge in [-0.3, -0.25) is 4.79 Å². The van der Waals surface area contributed by atoms with E-state index in [-0.39, 0.29) is 5.91 Å². The van der Waals surface area contributed by atoms with Crippen LogP contribution in [0.4, 0.5) is 10.8 Å². The van der Waals surface area contributed by atoms with Crippen molar-refractivity contribution in [1.29, 1.82) is 0 Å². The molecule has 27 heavy (non-hydrogen) atoms. The highest BCUT2D eigenvalue weighted by Crippen LogP contribution is 2.36. The lowest BCUT2D eigenvalue weighted by Crippen LogP contribution is -2.18. The molecule has 5 rings (SSSR count). The molecule has 1 saturated heterocycles. The average molecular weight is 399 g/mol. The molecule has 4 aromatic rings. The number of carbonyl (C=O) groups is 1. The Bertz CT molecular complexity index is 1130. The molecule has 8 heteroatoms. The van der Waals surface area contributed by atoms with E-state index in [2.05, 4.69) is 22.1 Å². The molecule has 1 fully saturated rings. The van der Waals surface area contributed by atoms with Crippen molar-refractivity contribution in [2.24, 2.45) is 5.92 Å². The molecule has 0 aliphatic carbocycles. The lowest BCUT2D eigenvalue weighted by molar-refractivity contribution is 0.103. The maximum atomic E-state index is 12.6. The van der Waals surface area contributed by atoms with Crippen LogP contribution in [0.15, 0.2) is 28.7 Å². The minimum Gasteiger partial charge on any atom is -0.441 e. The van der Waals surface area contributed by atoms with Crippen LogP contribution in [0.3, 0.4) is 0 Å². The lowest BCUT2D eigenvalue weighted by Gasteiger charge is -2.13. The van der Waals surface area contributed by atoms with Crippen LogP contribution in [-0.2, 0) is 0 Å². The summed E-state index contributed by atoms with van der Waals surface area (Å²) in [4.78, 5) is 25.6. The van der Waals surface area contributed by atoms with Crippen LogP contribution in [0.1, 0.15) is 28.9 Å². The highest BCUT2D eigenvalue weighted by Gasteiger charge is 2.23. The summed E-state index contributed by atoms with van der Waals surface area (Å²) in [6.45, 7) is 6.22. The quantitative estimate of drug-likeness (QED) is 0.531. The fourth-order valence-corrected chi connectivity index (χ4v) is 5.53. The van der Waals surface area contributed by atoms with Crippen molar-refractivity contribution >= 4 is 60.0 Å².